The number of halogens is 2. The highest BCUT2D eigenvalue weighted by atomic mass is 35.5. The lowest BCUT2D eigenvalue weighted by Crippen LogP contribution is -2.34. The average molecular weight is 321 g/mol. The van der Waals surface area contributed by atoms with Gasteiger partial charge >= 0.3 is 0 Å². The summed E-state index contributed by atoms with van der Waals surface area (Å²) in [6.07, 6.45) is 6.44. The molecule has 0 aliphatic heterocycles. The highest BCUT2D eigenvalue weighted by Gasteiger charge is 2.25. The molecule has 5 heteroatoms. The van der Waals surface area contributed by atoms with Crippen molar-refractivity contribution in [3.63, 3.8) is 0 Å². The molecule has 1 aliphatic rings. The minimum Gasteiger partial charge on any atom is -0.345 e. The molecule has 0 aromatic carbocycles. The molecule has 0 spiro atoms. The molecule has 1 aliphatic carbocycles. The van der Waals surface area contributed by atoms with Crippen molar-refractivity contribution in [1.29, 1.82) is 0 Å². The second-order valence-corrected chi connectivity index (χ2v) is 7.35. The van der Waals surface area contributed by atoms with Gasteiger partial charge in [0, 0.05) is 12.6 Å². The second kappa shape index (κ2) is 7.14. The number of hydrogen-bond donors (Lipinski definition) is 0. The lowest BCUT2D eigenvalue weighted by Gasteiger charge is -2.29. The van der Waals surface area contributed by atoms with Gasteiger partial charge in [-0.2, -0.15) is 0 Å². The molecule has 108 valence electrons. The third kappa shape index (κ3) is 3.99. The number of rotatable bonds is 6. The Morgan fingerprint density at radius 1 is 1.37 bits per heavy atom. The molecule has 1 aromatic rings. The molecule has 1 aromatic heterocycles. The normalized spacial score (nSPS) is 16.5. The molecule has 0 N–H and O–H groups in total. The molecule has 0 atom stereocenters. The Kier molecular flexibility index (Phi) is 5.79. The topological polar surface area (TPSA) is 16.1 Å². The number of nitrogens with zero attached hydrogens (tertiary/aromatic N) is 2. The zero-order chi connectivity index (χ0) is 13.8. The summed E-state index contributed by atoms with van der Waals surface area (Å²) in [5.41, 5.74) is 0. The summed E-state index contributed by atoms with van der Waals surface area (Å²) in [5.74, 6) is 1.17. The molecule has 0 unspecified atom stereocenters. The highest BCUT2D eigenvalue weighted by molar-refractivity contribution is 7.16. The van der Waals surface area contributed by atoms with Crippen LogP contribution in [0, 0.1) is 5.92 Å². The molecule has 19 heavy (non-hydrogen) atoms. The number of alkyl halides is 1. The van der Waals surface area contributed by atoms with Crippen molar-refractivity contribution >= 4 is 39.7 Å². The number of thiazole rings is 1. The van der Waals surface area contributed by atoms with Gasteiger partial charge in [-0.25, -0.2) is 4.98 Å². The summed E-state index contributed by atoms with van der Waals surface area (Å²) in [6.45, 7) is 5.62. The monoisotopic (exact) mass is 320 g/mol. The smallest absolute Gasteiger partial charge is 0.187 e. The summed E-state index contributed by atoms with van der Waals surface area (Å²) in [6, 6.07) is 0.643. The largest absolute Gasteiger partial charge is 0.345 e. The predicted molar refractivity (Wildman–Crippen MR) is 85.7 cm³/mol. The zero-order valence-corrected chi connectivity index (χ0v) is 14.0. The molecule has 0 saturated heterocycles. The van der Waals surface area contributed by atoms with Crippen LogP contribution in [0.5, 0.6) is 0 Å². The summed E-state index contributed by atoms with van der Waals surface area (Å²) in [4.78, 5) is 7.99. The van der Waals surface area contributed by atoms with Gasteiger partial charge in [0.15, 0.2) is 5.13 Å². The second-order valence-electron chi connectivity index (χ2n) is 5.66. The van der Waals surface area contributed by atoms with Gasteiger partial charge in [0.25, 0.3) is 0 Å². The fourth-order valence-corrected chi connectivity index (χ4v) is 4.15. The Labute approximate surface area is 130 Å². The maximum Gasteiger partial charge on any atom is 0.187 e. The molecule has 1 saturated carbocycles. The van der Waals surface area contributed by atoms with Crippen molar-refractivity contribution in [1.82, 2.24) is 4.98 Å². The Bertz CT molecular complexity index is 400. The first kappa shape index (κ1) is 15.4. The van der Waals surface area contributed by atoms with Crippen LogP contribution in [0.25, 0.3) is 0 Å². The number of anilines is 1. The first-order valence-electron chi connectivity index (χ1n) is 7.09. The van der Waals surface area contributed by atoms with Crippen LogP contribution in [0.15, 0.2) is 0 Å². The van der Waals surface area contributed by atoms with E-state index < -0.39 is 0 Å². The van der Waals surface area contributed by atoms with Crippen LogP contribution in [0.3, 0.4) is 0 Å². The van der Waals surface area contributed by atoms with Gasteiger partial charge in [-0.05, 0) is 25.2 Å². The van der Waals surface area contributed by atoms with E-state index in [1.807, 2.05) is 0 Å². The van der Waals surface area contributed by atoms with E-state index in [1.54, 1.807) is 11.3 Å². The quantitative estimate of drug-likeness (QED) is 0.658. The van der Waals surface area contributed by atoms with E-state index in [1.165, 1.54) is 32.1 Å². The SMILES string of the molecule is CC(C)CCN(c1nc(Cl)c(CCl)s1)C1CCCC1. The molecule has 1 fully saturated rings. The first-order chi connectivity index (χ1) is 9.11. The molecule has 2 rings (SSSR count). The van der Waals surface area contributed by atoms with Gasteiger partial charge in [-0.3, -0.25) is 0 Å². The van der Waals surface area contributed by atoms with Crippen LogP contribution >= 0.6 is 34.5 Å². The van der Waals surface area contributed by atoms with E-state index in [-0.39, 0.29) is 0 Å². The highest BCUT2D eigenvalue weighted by Crippen LogP contribution is 2.35. The van der Waals surface area contributed by atoms with Crippen molar-refractivity contribution in [2.45, 2.75) is 57.9 Å². The van der Waals surface area contributed by atoms with Crippen LogP contribution < -0.4 is 4.90 Å². The van der Waals surface area contributed by atoms with E-state index in [0.717, 1.165) is 16.6 Å². The lowest BCUT2D eigenvalue weighted by molar-refractivity contribution is 0.528. The minimum atomic E-state index is 0.458. The van der Waals surface area contributed by atoms with Crippen LogP contribution in [-0.4, -0.2) is 17.6 Å². The van der Waals surface area contributed by atoms with Crippen molar-refractivity contribution in [2.75, 3.05) is 11.4 Å². The van der Waals surface area contributed by atoms with Crippen molar-refractivity contribution in [3.8, 4) is 0 Å². The van der Waals surface area contributed by atoms with E-state index in [2.05, 4.69) is 23.7 Å². The fourth-order valence-electron chi connectivity index (χ4n) is 2.57. The van der Waals surface area contributed by atoms with E-state index in [4.69, 9.17) is 23.2 Å². The molecule has 0 amide bonds. The maximum absolute atomic E-state index is 6.15. The summed E-state index contributed by atoms with van der Waals surface area (Å²) in [7, 11) is 0. The standard InChI is InChI=1S/C14H22Cl2N2S/c1-10(2)7-8-18(11-5-3-4-6-11)14-17-13(16)12(9-15)19-14/h10-11H,3-9H2,1-2H3. The Morgan fingerprint density at radius 2 is 2.05 bits per heavy atom. The molecular weight excluding hydrogens is 299 g/mol. The van der Waals surface area contributed by atoms with Crippen LogP contribution in [0.1, 0.15) is 50.8 Å². The fraction of sp³-hybridized carbons (Fsp3) is 0.786. The van der Waals surface area contributed by atoms with Crippen molar-refractivity contribution in [2.24, 2.45) is 5.92 Å². The minimum absolute atomic E-state index is 0.458. The number of aromatic nitrogens is 1. The van der Waals surface area contributed by atoms with Crippen molar-refractivity contribution < 1.29 is 0 Å². The molecule has 2 nitrogen and oxygen atoms in total. The molecule has 1 heterocycles. The van der Waals surface area contributed by atoms with Crippen molar-refractivity contribution in [3.05, 3.63) is 10.0 Å². The Morgan fingerprint density at radius 3 is 2.58 bits per heavy atom. The van der Waals surface area contributed by atoms with Crippen LogP contribution in [0.4, 0.5) is 5.13 Å². The van der Waals surface area contributed by atoms with Gasteiger partial charge < -0.3 is 4.90 Å². The van der Waals surface area contributed by atoms with E-state index in [9.17, 15) is 0 Å². The maximum atomic E-state index is 6.15. The van der Waals surface area contributed by atoms with Gasteiger partial charge in [-0.1, -0.05) is 49.6 Å². The summed E-state index contributed by atoms with van der Waals surface area (Å²) >= 11 is 13.7. The summed E-state index contributed by atoms with van der Waals surface area (Å²) in [5, 5.41) is 1.65. The predicted octanol–water partition coefficient (Wildman–Crippen LogP) is 5.33. The third-order valence-corrected chi connectivity index (χ3v) is 5.66. The Hall–Kier alpha value is 0.01000. The van der Waals surface area contributed by atoms with Crippen LogP contribution in [0.2, 0.25) is 5.15 Å². The lowest BCUT2D eigenvalue weighted by atomic mass is 10.1. The average Bonchev–Trinajstić information content (AvgIpc) is 2.99. The summed E-state index contributed by atoms with van der Waals surface area (Å²) < 4.78 is 0. The van der Waals surface area contributed by atoms with E-state index in [0.29, 0.717) is 23.0 Å². The third-order valence-electron chi connectivity index (χ3n) is 3.72. The van der Waals surface area contributed by atoms with Crippen LogP contribution in [-0.2, 0) is 5.88 Å². The molecule has 0 radical (unpaired) electrons. The van der Waals surface area contributed by atoms with Gasteiger partial charge in [0.2, 0.25) is 0 Å². The number of hydrogen-bond acceptors (Lipinski definition) is 3. The van der Waals surface area contributed by atoms with Gasteiger partial charge in [0.05, 0.1) is 10.8 Å². The van der Waals surface area contributed by atoms with E-state index >= 15 is 0 Å². The van der Waals surface area contributed by atoms with Gasteiger partial charge in [-0.15, -0.1) is 11.6 Å². The molecule has 0 bridgehead atoms. The zero-order valence-electron chi connectivity index (χ0n) is 11.7. The first-order valence-corrected chi connectivity index (χ1v) is 8.82. The van der Waals surface area contributed by atoms with Gasteiger partial charge in [0.1, 0.15) is 5.15 Å². The molecular formula is C14H22Cl2N2S. The Balaban J connectivity index is 2.14.